The minimum absolute atomic E-state index is 0.0220. The largest absolute Gasteiger partial charge is 0.507 e. The normalized spacial score (nSPS) is 10.7. The molecule has 6 nitrogen and oxygen atoms in total. The Bertz CT molecular complexity index is 735. The summed E-state index contributed by atoms with van der Waals surface area (Å²) in [6, 6.07) is 9.66. The zero-order chi connectivity index (χ0) is 15.2. The monoisotopic (exact) mass is 285 g/mol. The fourth-order valence-electron chi connectivity index (χ4n) is 1.78. The summed E-state index contributed by atoms with van der Waals surface area (Å²) in [5.74, 6) is -0.530. The minimum atomic E-state index is -0.588. The smallest absolute Gasteiger partial charge is 0.276 e. The molecule has 0 spiro atoms. The number of hydrogen-bond acceptors (Lipinski definition) is 4. The summed E-state index contributed by atoms with van der Waals surface area (Å²) in [4.78, 5) is 23.8. The number of carbonyl (C=O) groups is 1. The molecule has 21 heavy (non-hydrogen) atoms. The fourth-order valence-corrected chi connectivity index (χ4v) is 1.78. The highest BCUT2D eigenvalue weighted by atomic mass is 16.3. The Balaban J connectivity index is 2.13. The van der Waals surface area contributed by atoms with E-state index in [1.165, 1.54) is 22.9 Å². The number of para-hydroxylation sites is 1. The summed E-state index contributed by atoms with van der Waals surface area (Å²) in [5.41, 5.74) is 2.40. The Morgan fingerprint density at radius 3 is 2.81 bits per heavy atom. The number of benzene rings is 1. The molecule has 0 aliphatic carbocycles. The van der Waals surface area contributed by atoms with Gasteiger partial charge < -0.3 is 9.67 Å². The topological polar surface area (TPSA) is 83.7 Å². The van der Waals surface area contributed by atoms with E-state index in [9.17, 15) is 14.7 Å². The van der Waals surface area contributed by atoms with E-state index >= 15 is 0 Å². The van der Waals surface area contributed by atoms with Crippen LogP contribution in [0.2, 0.25) is 0 Å². The van der Waals surface area contributed by atoms with E-state index < -0.39 is 5.91 Å². The molecule has 1 aromatic heterocycles. The number of nitrogens with zero attached hydrogens (tertiary/aromatic N) is 2. The van der Waals surface area contributed by atoms with Crippen LogP contribution in [-0.2, 0) is 6.54 Å². The van der Waals surface area contributed by atoms with Crippen LogP contribution < -0.4 is 11.0 Å². The zero-order valence-corrected chi connectivity index (χ0v) is 11.5. The number of nitrogens with one attached hydrogen (secondary N) is 1. The lowest BCUT2D eigenvalue weighted by molar-refractivity contribution is 0.0953. The number of aromatic hydroxyl groups is 1. The van der Waals surface area contributed by atoms with E-state index in [2.05, 4.69) is 10.5 Å². The van der Waals surface area contributed by atoms with Gasteiger partial charge in [-0.2, -0.15) is 5.10 Å². The van der Waals surface area contributed by atoms with Crippen molar-refractivity contribution in [2.75, 3.05) is 0 Å². The third-order valence-corrected chi connectivity index (χ3v) is 2.91. The van der Waals surface area contributed by atoms with Crippen molar-refractivity contribution in [3.63, 3.8) is 0 Å². The number of aromatic nitrogens is 1. The summed E-state index contributed by atoms with van der Waals surface area (Å²) < 4.78 is 1.43. The van der Waals surface area contributed by atoms with Crippen molar-refractivity contribution in [2.24, 2.45) is 5.10 Å². The van der Waals surface area contributed by atoms with Gasteiger partial charge in [0.15, 0.2) is 0 Å². The van der Waals surface area contributed by atoms with Gasteiger partial charge in [0.25, 0.3) is 11.5 Å². The average molecular weight is 285 g/mol. The van der Waals surface area contributed by atoms with Crippen LogP contribution in [0.15, 0.2) is 52.5 Å². The van der Waals surface area contributed by atoms with Crippen LogP contribution in [0.5, 0.6) is 5.75 Å². The molecule has 1 aromatic carbocycles. The van der Waals surface area contributed by atoms with Crippen molar-refractivity contribution in [2.45, 2.75) is 13.5 Å². The van der Waals surface area contributed by atoms with Gasteiger partial charge in [0.2, 0.25) is 0 Å². The number of hydrogen-bond donors (Lipinski definition) is 2. The van der Waals surface area contributed by atoms with Crippen molar-refractivity contribution in [1.82, 2.24) is 9.99 Å². The standard InChI is InChI=1S/C15H15N3O3/c1-2-18-9-5-7-12(15(18)21)14(20)17-16-10-11-6-3-4-8-13(11)19/h3-10,19H,2H2,1H3,(H,17,20)/b16-10-. The van der Waals surface area contributed by atoms with Crippen molar-refractivity contribution in [3.05, 3.63) is 64.1 Å². The Hall–Kier alpha value is -2.89. The number of aryl methyl sites for hydroxylation is 1. The molecule has 6 heteroatoms. The Morgan fingerprint density at radius 1 is 1.33 bits per heavy atom. The summed E-state index contributed by atoms with van der Waals surface area (Å²) in [7, 11) is 0. The first kappa shape index (κ1) is 14.5. The molecule has 108 valence electrons. The first-order valence-electron chi connectivity index (χ1n) is 6.44. The molecule has 0 saturated heterocycles. The van der Waals surface area contributed by atoms with Gasteiger partial charge in [-0.1, -0.05) is 12.1 Å². The van der Waals surface area contributed by atoms with Crippen molar-refractivity contribution in [3.8, 4) is 5.75 Å². The predicted molar refractivity (Wildman–Crippen MR) is 79.5 cm³/mol. The van der Waals surface area contributed by atoms with E-state index in [4.69, 9.17) is 0 Å². The van der Waals surface area contributed by atoms with Gasteiger partial charge in [-0.15, -0.1) is 0 Å². The van der Waals surface area contributed by atoms with Gasteiger partial charge in [0, 0.05) is 18.3 Å². The second-order valence-corrected chi connectivity index (χ2v) is 4.27. The molecule has 0 aliphatic rings. The molecule has 0 radical (unpaired) electrons. The number of phenols is 1. The zero-order valence-electron chi connectivity index (χ0n) is 11.5. The summed E-state index contributed by atoms with van der Waals surface area (Å²) in [6.07, 6.45) is 2.93. The molecule has 1 heterocycles. The number of hydrazone groups is 1. The van der Waals surface area contributed by atoms with Crippen LogP contribution in [0.25, 0.3) is 0 Å². The number of phenolic OH excluding ortho intramolecular Hbond substituents is 1. The summed E-state index contributed by atoms with van der Waals surface area (Å²) in [6.45, 7) is 2.31. The average Bonchev–Trinajstić information content (AvgIpc) is 2.49. The molecule has 2 rings (SSSR count). The Labute approximate surface area is 121 Å². The second-order valence-electron chi connectivity index (χ2n) is 4.27. The van der Waals surface area contributed by atoms with Crippen LogP contribution in [0.4, 0.5) is 0 Å². The van der Waals surface area contributed by atoms with Crippen molar-refractivity contribution < 1.29 is 9.90 Å². The van der Waals surface area contributed by atoms with Gasteiger partial charge >= 0.3 is 0 Å². The number of carbonyl (C=O) groups excluding carboxylic acids is 1. The second kappa shape index (κ2) is 6.51. The third kappa shape index (κ3) is 3.36. The van der Waals surface area contributed by atoms with Gasteiger partial charge in [0.05, 0.1) is 6.21 Å². The molecule has 2 N–H and O–H groups in total. The molecular weight excluding hydrogens is 270 g/mol. The van der Waals surface area contributed by atoms with Gasteiger partial charge in [-0.3, -0.25) is 9.59 Å². The number of amides is 1. The number of rotatable bonds is 4. The van der Waals surface area contributed by atoms with E-state index in [-0.39, 0.29) is 16.9 Å². The molecule has 0 atom stereocenters. The van der Waals surface area contributed by atoms with Crippen LogP contribution in [-0.4, -0.2) is 21.8 Å². The fraction of sp³-hybridized carbons (Fsp3) is 0.133. The molecule has 0 bridgehead atoms. The quantitative estimate of drug-likeness (QED) is 0.656. The lowest BCUT2D eigenvalue weighted by atomic mass is 10.2. The van der Waals surface area contributed by atoms with E-state index in [1.807, 2.05) is 6.92 Å². The molecule has 0 fully saturated rings. The molecule has 2 aromatic rings. The van der Waals surface area contributed by atoms with E-state index in [1.54, 1.807) is 30.5 Å². The lowest BCUT2D eigenvalue weighted by Crippen LogP contribution is -2.30. The Kier molecular flexibility index (Phi) is 4.50. The van der Waals surface area contributed by atoms with Crippen molar-refractivity contribution >= 4 is 12.1 Å². The SMILES string of the molecule is CCn1cccc(C(=O)N/N=C\c2ccccc2O)c1=O. The summed E-state index contributed by atoms with van der Waals surface area (Å²) >= 11 is 0. The molecule has 0 unspecified atom stereocenters. The highest BCUT2D eigenvalue weighted by Crippen LogP contribution is 2.12. The van der Waals surface area contributed by atoms with Crippen LogP contribution in [0, 0.1) is 0 Å². The molecule has 1 amide bonds. The summed E-state index contributed by atoms with van der Waals surface area (Å²) in [5, 5.41) is 13.3. The molecule has 0 aliphatic heterocycles. The van der Waals surface area contributed by atoms with Gasteiger partial charge in [-0.05, 0) is 31.2 Å². The van der Waals surface area contributed by atoms with Crippen LogP contribution in [0.3, 0.4) is 0 Å². The van der Waals surface area contributed by atoms with Crippen LogP contribution >= 0.6 is 0 Å². The molecular formula is C15H15N3O3. The lowest BCUT2D eigenvalue weighted by Gasteiger charge is -2.04. The van der Waals surface area contributed by atoms with Crippen molar-refractivity contribution in [1.29, 1.82) is 0 Å². The minimum Gasteiger partial charge on any atom is -0.507 e. The Morgan fingerprint density at radius 2 is 2.10 bits per heavy atom. The van der Waals surface area contributed by atoms with E-state index in [0.717, 1.165) is 0 Å². The van der Waals surface area contributed by atoms with Crippen LogP contribution in [0.1, 0.15) is 22.8 Å². The highest BCUT2D eigenvalue weighted by Gasteiger charge is 2.10. The van der Waals surface area contributed by atoms with E-state index in [0.29, 0.717) is 12.1 Å². The van der Waals surface area contributed by atoms with Gasteiger partial charge in [-0.25, -0.2) is 5.43 Å². The first-order chi connectivity index (χ1) is 10.1. The maximum atomic E-state index is 11.9. The third-order valence-electron chi connectivity index (χ3n) is 2.91. The van der Waals surface area contributed by atoms with Gasteiger partial charge in [0.1, 0.15) is 11.3 Å². The highest BCUT2D eigenvalue weighted by molar-refractivity contribution is 5.94. The maximum Gasteiger partial charge on any atom is 0.276 e. The number of pyridine rings is 1. The molecule has 0 saturated carbocycles. The predicted octanol–water partition coefficient (Wildman–Crippen LogP) is 1.34. The maximum absolute atomic E-state index is 11.9. The first-order valence-corrected chi connectivity index (χ1v) is 6.44.